The molecule has 90 valence electrons. The monoisotopic (exact) mass is 241 g/mol. The van der Waals surface area contributed by atoms with Crippen molar-refractivity contribution < 1.29 is 9.13 Å². The van der Waals surface area contributed by atoms with Crippen molar-refractivity contribution in [3.05, 3.63) is 59.4 Å². The van der Waals surface area contributed by atoms with E-state index in [0.717, 1.165) is 11.1 Å². The molecular formula is C15H12FNO. The lowest BCUT2D eigenvalue weighted by Crippen LogP contribution is -1.93. The van der Waals surface area contributed by atoms with E-state index in [1.54, 1.807) is 18.2 Å². The van der Waals surface area contributed by atoms with Crippen molar-refractivity contribution in [2.24, 2.45) is 0 Å². The van der Waals surface area contributed by atoms with Gasteiger partial charge in [-0.1, -0.05) is 24.3 Å². The average Bonchev–Trinajstić information content (AvgIpc) is 2.41. The molecule has 0 aliphatic carbocycles. The minimum atomic E-state index is -0.279. The van der Waals surface area contributed by atoms with Crippen LogP contribution in [0.1, 0.15) is 11.1 Å². The first-order valence-corrected chi connectivity index (χ1v) is 5.52. The second-order valence-electron chi connectivity index (χ2n) is 3.93. The molecule has 18 heavy (non-hydrogen) atoms. The summed E-state index contributed by atoms with van der Waals surface area (Å²) < 4.78 is 18.6. The number of hydrogen-bond donors (Lipinski definition) is 0. The highest BCUT2D eigenvalue weighted by Crippen LogP contribution is 2.22. The van der Waals surface area contributed by atoms with Gasteiger partial charge in [0, 0.05) is 12.7 Å². The van der Waals surface area contributed by atoms with Crippen LogP contribution in [0.5, 0.6) is 0 Å². The highest BCUT2D eigenvalue weighted by Gasteiger charge is 2.05. The lowest BCUT2D eigenvalue weighted by Gasteiger charge is -2.06. The molecule has 0 spiro atoms. The third kappa shape index (κ3) is 2.55. The Morgan fingerprint density at radius 1 is 1.11 bits per heavy atom. The summed E-state index contributed by atoms with van der Waals surface area (Å²) in [5.74, 6) is -0.279. The molecule has 0 aliphatic rings. The summed E-state index contributed by atoms with van der Waals surface area (Å²) in [5, 5.41) is 8.71. The lowest BCUT2D eigenvalue weighted by atomic mass is 10.0. The SMILES string of the molecule is COCc1ccc(-c2ccc(C#N)cc2)cc1F. The fourth-order valence-electron chi connectivity index (χ4n) is 1.74. The summed E-state index contributed by atoms with van der Waals surface area (Å²) in [4.78, 5) is 0. The van der Waals surface area contributed by atoms with Crippen LogP contribution in [0, 0.1) is 17.1 Å². The quantitative estimate of drug-likeness (QED) is 0.823. The van der Waals surface area contributed by atoms with E-state index in [9.17, 15) is 4.39 Å². The van der Waals surface area contributed by atoms with Crippen molar-refractivity contribution in [1.82, 2.24) is 0 Å². The third-order valence-electron chi connectivity index (χ3n) is 2.70. The molecule has 0 heterocycles. The Morgan fingerprint density at radius 3 is 2.33 bits per heavy atom. The van der Waals surface area contributed by atoms with E-state index in [-0.39, 0.29) is 12.4 Å². The first-order chi connectivity index (χ1) is 8.74. The van der Waals surface area contributed by atoms with Crippen molar-refractivity contribution in [3.8, 4) is 17.2 Å². The van der Waals surface area contributed by atoms with Gasteiger partial charge in [-0.15, -0.1) is 0 Å². The number of nitriles is 1. The smallest absolute Gasteiger partial charge is 0.129 e. The van der Waals surface area contributed by atoms with E-state index in [0.29, 0.717) is 11.1 Å². The zero-order valence-electron chi connectivity index (χ0n) is 9.98. The van der Waals surface area contributed by atoms with Crippen LogP contribution in [-0.2, 0) is 11.3 Å². The molecule has 2 aromatic rings. The number of hydrogen-bond acceptors (Lipinski definition) is 2. The molecule has 0 radical (unpaired) electrons. The second kappa shape index (κ2) is 5.44. The van der Waals surface area contributed by atoms with Crippen LogP contribution in [-0.4, -0.2) is 7.11 Å². The summed E-state index contributed by atoms with van der Waals surface area (Å²) in [5.41, 5.74) is 2.80. The first kappa shape index (κ1) is 12.3. The van der Waals surface area contributed by atoms with Gasteiger partial charge in [-0.3, -0.25) is 0 Å². The standard InChI is InChI=1S/C15H12FNO/c1-18-10-14-7-6-13(8-15(14)16)12-4-2-11(9-17)3-5-12/h2-8H,10H2,1H3. The van der Waals surface area contributed by atoms with Gasteiger partial charge >= 0.3 is 0 Å². The Morgan fingerprint density at radius 2 is 1.78 bits per heavy atom. The molecule has 0 amide bonds. The van der Waals surface area contributed by atoms with Crippen LogP contribution in [0.25, 0.3) is 11.1 Å². The summed E-state index contributed by atoms with van der Waals surface area (Å²) in [6, 6.07) is 14.1. The molecule has 0 saturated carbocycles. The topological polar surface area (TPSA) is 33.0 Å². The Kier molecular flexibility index (Phi) is 3.71. The first-order valence-electron chi connectivity index (χ1n) is 5.52. The summed E-state index contributed by atoms with van der Waals surface area (Å²) >= 11 is 0. The van der Waals surface area contributed by atoms with Crippen LogP contribution in [0.4, 0.5) is 4.39 Å². The lowest BCUT2D eigenvalue weighted by molar-refractivity contribution is 0.181. The number of halogens is 1. The zero-order chi connectivity index (χ0) is 13.0. The molecule has 0 bridgehead atoms. The number of rotatable bonds is 3. The van der Waals surface area contributed by atoms with Gasteiger partial charge in [-0.2, -0.15) is 5.26 Å². The molecule has 2 nitrogen and oxygen atoms in total. The molecular weight excluding hydrogens is 229 g/mol. The zero-order valence-corrected chi connectivity index (χ0v) is 9.98. The van der Waals surface area contributed by atoms with E-state index in [1.807, 2.05) is 18.2 Å². The molecule has 0 aliphatic heterocycles. The fraction of sp³-hybridized carbons (Fsp3) is 0.133. The van der Waals surface area contributed by atoms with Gasteiger partial charge in [0.2, 0.25) is 0 Å². The van der Waals surface area contributed by atoms with Gasteiger partial charge in [-0.25, -0.2) is 4.39 Å². The maximum atomic E-state index is 13.7. The number of benzene rings is 2. The minimum absolute atomic E-state index is 0.263. The van der Waals surface area contributed by atoms with Crippen LogP contribution in [0.2, 0.25) is 0 Å². The van der Waals surface area contributed by atoms with E-state index < -0.39 is 0 Å². The maximum absolute atomic E-state index is 13.7. The highest BCUT2D eigenvalue weighted by molar-refractivity contribution is 5.64. The molecule has 0 atom stereocenters. The normalized spacial score (nSPS) is 10.1. The highest BCUT2D eigenvalue weighted by atomic mass is 19.1. The minimum Gasteiger partial charge on any atom is -0.380 e. The number of methoxy groups -OCH3 is 1. The summed E-state index contributed by atoms with van der Waals surface area (Å²) in [6.07, 6.45) is 0. The van der Waals surface area contributed by atoms with Gasteiger partial charge in [0.05, 0.1) is 18.2 Å². The van der Waals surface area contributed by atoms with E-state index in [4.69, 9.17) is 10.00 Å². The summed E-state index contributed by atoms with van der Waals surface area (Å²) in [7, 11) is 1.54. The predicted octanol–water partition coefficient (Wildman–Crippen LogP) is 3.51. The van der Waals surface area contributed by atoms with Crippen molar-refractivity contribution in [1.29, 1.82) is 5.26 Å². The van der Waals surface area contributed by atoms with Gasteiger partial charge < -0.3 is 4.74 Å². The van der Waals surface area contributed by atoms with Gasteiger partial charge in [0.1, 0.15) is 5.82 Å². The fourth-order valence-corrected chi connectivity index (χ4v) is 1.74. The van der Waals surface area contributed by atoms with E-state index >= 15 is 0 Å². The van der Waals surface area contributed by atoms with Crippen LogP contribution in [0.3, 0.4) is 0 Å². The average molecular weight is 241 g/mol. The Bertz CT molecular complexity index is 584. The Balaban J connectivity index is 2.33. The second-order valence-corrected chi connectivity index (χ2v) is 3.93. The van der Waals surface area contributed by atoms with Crippen molar-refractivity contribution >= 4 is 0 Å². The van der Waals surface area contributed by atoms with Crippen molar-refractivity contribution in [3.63, 3.8) is 0 Å². The van der Waals surface area contributed by atoms with Crippen LogP contribution >= 0.6 is 0 Å². The largest absolute Gasteiger partial charge is 0.380 e. The summed E-state index contributed by atoms with van der Waals surface area (Å²) in [6.45, 7) is 0.263. The number of nitrogens with zero attached hydrogens (tertiary/aromatic N) is 1. The van der Waals surface area contributed by atoms with Crippen molar-refractivity contribution in [2.75, 3.05) is 7.11 Å². The molecule has 2 rings (SSSR count). The molecule has 0 N–H and O–H groups in total. The molecule has 0 fully saturated rings. The Labute approximate surface area is 105 Å². The van der Waals surface area contributed by atoms with Gasteiger partial charge in [-0.05, 0) is 29.3 Å². The Hall–Kier alpha value is -2.18. The van der Waals surface area contributed by atoms with Gasteiger partial charge in [0.25, 0.3) is 0 Å². The maximum Gasteiger partial charge on any atom is 0.129 e. The third-order valence-corrected chi connectivity index (χ3v) is 2.70. The molecule has 0 aromatic heterocycles. The van der Waals surface area contributed by atoms with Crippen LogP contribution < -0.4 is 0 Å². The van der Waals surface area contributed by atoms with E-state index in [2.05, 4.69) is 6.07 Å². The number of ether oxygens (including phenoxy) is 1. The van der Waals surface area contributed by atoms with Crippen molar-refractivity contribution in [2.45, 2.75) is 6.61 Å². The molecule has 0 unspecified atom stereocenters. The molecule has 0 saturated heterocycles. The molecule has 2 aromatic carbocycles. The predicted molar refractivity (Wildman–Crippen MR) is 67.3 cm³/mol. The van der Waals surface area contributed by atoms with Gasteiger partial charge in [0.15, 0.2) is 0 Å². The molecule has 3 heteroatoms. The van der Waals surface area contributed by atoms with E-state index in [1.165, 1.54) is 13.2 Å². The van der Waals surface area contributed by atoms with Crippen LogP contribution in [0.15, 0.2) is 42.5 Å².